The van der Waals surface area contributed by atoms with Gasteiger partial charge in [0, 0.05) is 0 Å². The van der Waals surface area contributed by atoms with Crippen LogP contribution in [0.25, 0.3) is 6.08 Å². The number of nitriles is 1. The maximum atomic E-state index is 12.8. The maximum Gasteiger partial charge on any atom is 0.348 e. The summed E-state index contributed by atoms with van der Waals surface area (Å²) in [6.07, 6.45) is 1.12. The van der Waals surface area contributed by atoms with Crippen molar-refractivity contribution in [1.82, 2.24) is 0 Å². The molecule has 0 bridgehead atoms. The van der Waals surface area contributed by atoms with E-state index in [0.717, 1.165) is 25.3 Å². The lowest BCUT2D eigenvalue weighted by Crippen LogP contribution is -2.02. The first-order chi connectivity index (χ1) is 7.58. The van der Waals surface area contributed by atoms with E-state index in [1.165, 1.54) is 6.07 Å². The van der Waals surface area contributed by atoms with E-state index in [-0.39, 0.29) is 11.1 Å². The van der Waals surface area contributed by atoms with Gasteiger partial charge in [-0.25, -0.2) is 13.6 Å². The zero-order chi connectivity index (χ0) is 12.1. The van der Waals surface area contributed by atoms with E-state index >= 15 is 0 Å². The van der Waals surface area contributed by atoms with Crippen LogP contribution in [-0.4, -0.2) is 13.1 Å². The van der Waals surface area contributed by atoms with Crippen molar-refractivity contribution in [1.29, 1.82) is 5.26 Å². The molecule has 3 nitrogen and oxygen atoms in total. The van der Waals surface area contributed by atoms with Crippen molar-refractivity contribution in [2.75, 3.05) is 7.11 Å². The third-order valence-corrected chi connectivity index (χ3v) is 1.78. The molecular weight excluding hydrogens is 216 g/mol. The third kappa shape index (κ3) is 2.64. The number of benzene rings is 1. The van der Waals surface area contributed by atoms with Crippen molar-refractivity contribution < 1.29 is 18.3 Å². The van der Waals surface area contributed by atoms with Gasteiger partial charge in [0.1, 0.15) is 11.6 Å². The van der Waals surface area contributed by atoms with Gasteiger partial charge >= 0.3 is 5.97 Å². The number of methoxy groups -OCH3 is 1. The highest BCUT2D eigenvalue weighted by molar-refractivity contribution is 5.97. The number of hydrogen-bond acceptors (Lipinski definition) is 3. The first-order valence-corrected chi connectivity index (χ1v) is 4.23. The number of carbonyl (C=O) groups is 1. The molecule has 0 amide bonds. The Balaban J connectivity index is 3.10. The fourth-order valence-electron chi connectivity index (χ4n) is 1.02. The van der Waals surface area contributed by atoms with Crippen molar-refractivity contribution in [2.45, 2.75) is 0 Å². The highest BCUT2D eigenvalue weighted by Gasteiger charge is 2.09. The van der Waals surface area contributed by atoms with E-state index in [1.807, 2.05) is 0 Å². The average Bonchev–Trinajstić information content (AvgIpc) is 2.29. The number of esters is 1. The minimum absolute atomic E-state index is 0.209. The van der Waals surface area contributed by atoms with Gasteiger partial charge in [0.25, 0.3) is 0 Å². The Bertz CT molecular complexity index is 489. The predicted molar refractivity (Wildman–Crippen MR) is 52.0 cm³/mol. The minimum Gasteiger partial charge on any atom is -0.465 e. The summed E-state index contributed by atoms with van der Waals surface area (Å²) in [6.45, 7) is 0. The predicted octanol–water partition coefficient (Wildman–Crippen LogP) is 2.04. The molecule has 0 aliphatic carbocycles. The number of carbonyl (C=O) groups excluding carboxylic acids is 1. The van der Waals surface area contributed by atoms with Crippen molar-refractivity contribution in [3.8, 4) is 6.07 Å². The molecule has 0 fully saturated rings. The molecular formula is C11H7F2NO2. The van der Waals surface area contributed by atoms with Crippen LogP contribution in [0.15, 0.2) is 23.8 Å². The zero-order valence-electron chi connectivity index (χ0n) is 8.33. The van der Waals surface area contributed by atoms with Gasteiger partial charge < -0.3 is 4.74 Å². The van der Waals surface area contributed by atoms with E-state index in [4.69, 9.17) is 5.26 Å². The molecule has 5 heteroatoms. The van der Waals surface area contributed by atoms with Crippen molar-refractivity contribution in [2.24, 2.45) is 0 Å². The minimum atomic E-state index is -1.05. The van der Waals surface area contributed by atoms with E-state index in [2.05, 4.69) is 4.74 Å². The number of hydrogen-bond donors (Lipinski definition) is 0. The fourth-order valence-corrected chi connectivity index (χ4v) is 1.02. The molecule has 0 aliphatic rings. The van der Waals surface area contributed by atoms with Gasteiger partial charge in [-0.3, -0.25) is 0 Å². The Morgan fingerprint density at radius 3 is 2.62 bits per heavy atom. The SMILES string of the molecule is COC(=O)/C(C#N)=C\c1ccc(F)c(F)c1. The second-order valence-electron chi connectivity index (χ2n) is 2.83. The van der Waals surface area contributed by atoms with Crippen LogP contribution < -0.4 is 0 Å². The van der Waals surface area contributed by atoms with Gasteiger partial charge in [0.05, 0.1) is 7.11 Å². The smallest absolute Gasteiger partial charge is 0.348 e. The summed E-state index contributed by atoms with van der Waals surface area (Å²) in [4.78, 5) is 11.0. The molecule has 0 heterocycles. The molecule has 0 aromatic heterocycles. The highest BCUT2D eigenvalue weighted by Crippen LogP contribution is 2.12. The number of rotatable bonds is 2. The molecule has 0 N–H and O–H groups in total. The van der Waals surface area contributed by atoms with Crippen LogP contribution in [0.3, 0.4) is 0 Å². The molecule has 0 saturated heterocycles. The Morgan fingerprint density at radius 1 is 1.44 bits per heavy atom. The van der Waals surface area contributed by atoms with Crippen molar-refractivity contribution in [3.05, 3.63) is 41.0 Å². The van der Waals surface area contributed by atoms with Gasteiger partial charge in [0.2, 0.25) is 0 Å². The molecule has 1 rings (SSSR count). The Kier molecular flexibility index (Phi) is 3.72. The largest absolute Gasteiger partial charge is 0.465 e. The van der Waals surface area contributed by atoms with Gasteiger partial charge in [-0.15, -0.1) is 0 Å². The summed E-state index contributed by atoms with van der Waals surface area (Å²) in [5, 5.41) is 8.63. The van der Waals surface area contributed by atoms with Gasteiger partial charge in [-0.2, -0.15) is 5.26 Å². The summed E-state index contributed by atoms with van der Waals surface area (Å²) >= 11 is 0. The van der Waals surface area contributed by atoms with Crippen molar-refractivity contribution >= 4 is 12.0 Å². The van der Waals surface area contributed by atoms with Crippen molar-refractivity contribution in [3.63, 3.8) is 0 Å². The Labute approximate surface area is 90.6 Å². The number of ether oxygens (including phenoxy) is 1. The summed E-state index contributed by atoms with van der Waals surface area (Å²) in [5.74, 6) is -2.86. The molecule has 0 unspecified atom stereocenters. The van der Waals surface area contributed by atoms with Crippen LogP contribution in [0.4, 0.5) is 8.78 Å². The van der Waals surface area contributed by atoms with Crippen LogP contribution >= 0.6 is 0 Å². The first kappa shape index (κ1) is 11.9. The normalized spacial score (nSPS) is 10.8. The van der Waals surface area contributed by atoms with E-state index < -0.39 is 17.6 Å². The molecule has 0 radical (unpaired) electrons. The quantitative estimate of drug-likeness (QED) is 0.438. The van der Waals surface area contributed by atoms with Crippen LogP contribution in [0.5, 0.6) is 0 Å². The summed E-state index contributed by atoms with van der Waals surface area (Å²) in [6, 6.07) is 4.65. The monoisotopic (exact) mass is 223 g/mol. The molecule has 0 atom stereocenters. The molecule has 1 aromatic carbocycles. The average molecular weight is 223 g/mol. The Hall–Kier alpha value is -2.22. The third-order valence-electron chi connectivity index (χ3n) is 1.78. The van der Waals surface area contributed by atoms with Gasteiger partial charge in [0.15, 0.2) is 11.6 Å². The summed E-state index contributed by atoms with van der Waals surface area (Å²) in [7, 11) is 1.12. The topological polar surface area (TPSA) is 50.1 Å². The zero-order valence-corrected chi connectivity index (χ0v) is 8.33. The lowest BCUT2D eigenvalue weighted by molar-refractivity contribution is -0.135. The second-order valence-corrected chi connectivity index (χ2v) is 2.83. The second kappa shape index (κ2) is 5.03. The summed E-state index contributed by atoms with van der Waals surface area (Å²) < 4.78 is 29.7. The number of nitrogens with zero attached hydrogens (tertiary/aromatic N) is 1. The van der Waals surface area contributed by atoms with Crippen LogP contribution in [-0.2, 0) is 9.53 Å². The number of halogens is 2. The highest BCUT2D eigenvalue weighted by atomic mass is 19.2. The molecule has 0 saturated carbocycles. The van der Waals surface area contributed by atoms with E-state index in [1.54, 1.807) is 6.07 Å². The van der Waals surface area contributed by atoms with Crippen LogP contribution in [0, 0.1) is 23.0 Å². The standard InChI is InChI=1S/C11H7F2NO2/c1-16-11(15)8(6-14)4-7-2-3-9(12)10(13)5-7/h2-5H,1H3/b8-4-. The van der Waals surface area contributed by atoms with Gasteiger partial charge in [-0.05, 0) is 23.8 Å². The molecule has 16 heavy (non-hydrogen) atoms. The lowest BCUT2D eigenvalue weighted by atomic mass is 10.1. The molecule has 0 spiro atoms. The lowest BCUT2D eigenvalue weighted by Gasteiger charge is -1.98. The first-order valence-electron chi connectivity index (χ1n) is 4.23. The van der Waals surface area contributed by atoms with Crippen LogP contribution in [0.1, 0.15) is 5.56 Å². The molecule has 82 valence electrons. The molecule has 0 aliphatic heterocycles. The fraction of sp³-hybridized carbons (Fsp3) is 0.0909. The maximum absolute atomic E-state index is 12.8. The molecule has 1 aromatic rings. The van der Waals surface area contributed by atoms with Gasteiger partial charge in [-0.1, -0.05) is 6.07 Å². The Morgan fingerprint density at radius 2 is 2.12 bits per heavy atom. The van der Waals surface area contributed by atoms with E-state index in [0.29, 0.717) is 0 Å². The van der Waals surface area contributed by atoms with Crippen LogP contribution in [0.2, 0.25) is 0 Å². The van der Waals surface area contributed by atoms with E-state index in [9.17, 15) is 13.6 Å². The summed E-state index contributed by atoms with van der Waals surface area (Å²) in [5.41, 5.74) is -0.0747.